The Bertz CT molecular complexity index is 521. The maximum absolute atomic E-state index is 12.2. The van der Waals surface area contributed by atoms with E-state index in [1.807, 2.05) is 0 Å². The Morgan fingerprint density at radius 3 is 2.38 bits per heavy atom. The topological polar surface area (TPSA) is 95.5 Å². The van der Waals surface area contributed by atoms with E-state index in [4.69, 9.17) is 10.5 Å². The Morgan fingerprint density at radius 1 is 1.29 bits per heavy atom. The molecule has 1 atom stereocenters. The number of rotatable bonds is 4. The van der Waals surface area contributed by atoms with Gasteiger partial charge in [0.15, 0.2) is 0 Å². The predicted molar refractivity (Wildman–Crippen MR) is 77.6 cm³/mol. The molecule has 0 amide bonds. The number of benzene rings is 1. The van der Waals surface area contributed by atoms with Crippen LogP contribution in [0.15, 0.2) is 24.3 Å². The number of nitrogens with zero attached hydrogens (tertiary/aromatic N) is 1. The number of carbonyl (C=O) groups excluding carboxylic acids is 1. The normalized spacial score (nSPS) is 18.8. The van der Waals surface area contributed by atoms with Crippen LogP contribution in [-0.4, -0.2) is 16.4 Å². The van der Waals surface area contributed by atoms with Gasteiger partial charge in [-0.3, -0.25) is 14.9 Å². The molecule has 114 valence electrons. The fourth-order valence-corrected chi connectivity index (χ4v) is 2.60. The van der Waals surface area contributed by atoms with Crippen molar-refractivity contribution in [1.29, 1.82) is 0 Å². The van der Waals surface area contributed by atoms with Crippen molar-refractivity contribution in [3.63, 3.8) is 0 Å². The summed E-state index contributed by atoms with van der Waals surface area (Å²) < 4.78 is 5.45. The lowest BCUT2D eigenvalue weighted by Crippen LogP contribution is -2.50. The molecule has 0 spiro atoms. The van der Waals surface area contributed by atoms with Gasteiger partial charge in [-0.05, 0) is 37.5 Å². The third kappa shape index (κ3) is 3.58. The van der Waals surface area contributed by atoms with Crippen molar-refractivity contribution in [1.82, 2.24) is 0 Å². The van der Waals surface area contributed by atoms with Gasteiger partial charge in [0, 0.05) is 12.1 Å². The van der Waals surface area contributed by atoms with Gasteiger partial charge in [-0.1, -0.05) is 19.3 Å². The summed E-state index contributed by atoms with van der Waals surface area (Å²) in [4.78, 5) is 22.4. The molecule has 0 radical (unpaired) electrons. The van der Waals surface area contributed by atoms with Crippen LogP contribution >= 0.6 is 0 Å². The van der Waals surface area contributed by atoms with Crippen LogP contribution in [0.2, 0.25) is 0 Å². The zero-order valence-electron chi connectivity index (χ0n) is 12.1. The quantitative estimate of drug-likeness (QED) is 0.523. The van der Waals surface area contributed by atoms with Gasteiger partial charge in [0.1, 0.15) is 11.6 Å². The maximum Gasteiger partial charge on any atom is 0.326 e. The molecule has 0 heterocycles. The van der Waals surface area contributed by atoms with Crippen molar-refractivity contribution in [3.8, 4) is 0 Å². The molecule has 0 aromatic heterocycles. The highest BCUT2D eigenvalue weighted by molar-refractivity contribution is 5.80. The average molecular weight is 292 g/mol. The van der Waals surface area contributed by atoms with Crippen molar-refractivity contribution in [2.24, 2.45) is 5.73 Å². The number of hydrogen-bond donors (Lipinski definition) is 1. The van der Waals surface area contributed by atoms with Crippen LogP contribution < -0.4 is 5.73 Å². The molecular weight excluding hydrogens is 272 g/mol. The van der Waals surface area contributed by atoms with Gasteiger partial charge in [0.2, 0.25) is 0 Å². The van der Waals surface area contributed by atoms with Crippen molar-refractivity contribution >= 4 is 11.7 Å². The zero-order valence-corrected chi connectivity index (χ0v) is 12.1. The van der Waals surface area contributed by atoms with E-state index < -0.39 is 16.6 Å². The number of esters is 1. The second-order valence-corrected chi connectivity index (χ2v) is 5.61. The molecule has 1 aliphatic rings. The molecule has 1 aromatic rings. The first-order valence-corrected chi connectivity index (χ1v) is 7.17. The highest BCUT2D eigenvalue weighted by Crippen LogP contribution is 2.29. The van der Waals surface area contributed by atoms with Gasteiger partial charge in [0.05, 0.1) is 4.92 Å². The Kier molecular flexibility index (Phi) is 4.57. The van der Waals surface area contributed by atoms with Crippen molar-refractivity contribution in [3.05, 3.63) is 39.9 Å². The van der Waals surface area contributed by atoms with Crippen LogP contribution in [0.3, 0.4) is 0 Å². The molecule has 21 heavy (non-hydrogen) atoms. The lowest BCUT2D eigenvalue weighted by molar-refractivity contribution is -0.384. The second-order valence-electron chi connectivity index (χ2n) is 5.61. The SMILES string of the molecule is CC(OC(=O)C1(N)CCCCC1)c1ccc([N+](=O)[O-])cc1. The van der Waals surface area contributed by atoms with Crippen LogP contribution in [-0.2, 0) is 9.53 Å². The molecule has 0 saturated heterocycles. The number of nitrogens with two attached hydrogens (primary N) is 1. The van der Waals surface area contributed by atoms with Crippen molar-refractivity contribution in [2.45, 2.75) is 50.7 Å². The third-order valence-corrected chi connectivity index (χ3v) is 4.01. The van der Waals surface area contributed by atoms with E-state index in [-0.39, 0.29) is 11.7 Å². The molecule has 0 aliphatic heterocycles. The summed E-state index contributed by atoms with van der Waals surface area (Å²) in [7, 11) is 0. The molecule has 1 fully saturated rings. The number of nitro benzene ring substituents is 1. The Labute approximate surface area is 123 Å². The minimum Gasteiger partial charge on any atom is -0.456 e. The highest BCUT2D eigenvalue weighted by atomic mass is 16.6. The smallest absolute Gasteiger partial charge is 0.326 e. The summed E-state index contributed by atoms with van der Waals surface area (Å²) in [6, 6.07) is 6.00. The molecule has 1 saturated carbocycles. The molecular formula is C15H20N2O4. The number of ether oxygens (including phenoxy) is 1. The van der Waals surface area contributed by atoms with Gasteiger partial charge in [-0.15, -0.1) is 0 Å². The predicted octanol–water partition coefficient (Wildman–Crippen LogP) is 2.86. The number of nitro groups is 1. The number of non-ortho nitro benzene ring substituents is 1. The van der Waals surface area contributed by atoms with Crippen LogP contribution in [0.25, 0.3) is 0 Å². The summed E-state index contributed by atoms with van der Waals surface area (Å²) in [5.41, 5.74) is 5.98. The van der Waals surface area contributed by atoms with E-state index in [1.165, 1.54) is 12.1 Å². The Hall–Kier alpha value is -1.95. The molecule has 0 bridgehead atoms. The molecule has 1 aromatic carbocycles. The first-order chi connectivity index (χ1) is 9.92. The van der Waals surface area contributed by atoms with Gasteiger partial charge < -0.3 is 10.5 Å². The fourth-order valence-electron chi connectivity index (χ4n) is 2.60. The van der Waals surface area contributed by atoms with E-state index in [9.17, 15) is 14.9 Å². The first-order valence-electron chi connectivity index (χ1n) is 7.17. The average Bonchev–Trinajstić information content (AvgIpc) is 2.48. The van der Waals surface area contributed by atoms with E-state index in [0.717, 1.165) is 19.3 Å². The minimum absolute atomic E-state index is 0.0138. The Balaban J connectivity index is 2.01. The monoisotopic (exact) mass is 292 g/mol. The van der Waals surface area contributed by atoms with E-state index in [1.54, 1.807) is 19.1 Å². The van der Waals surface area contributed by atoms with Gasteiger partial charge in [0.25, 0.3) is 5.69 Å². The standard InChI is InChI=1S/C15H20N2O4/c1-11(12-5-7-13(8-6-12)17(19)20)21-14(18)15(16)9-3-2-4-10-15/h5-8,11H,2-4,9-10,16H2,1H3. The van der Waals surface area contributed by atoms with Crippen LogP contribution in [0, 0.1) is 10.1 Å². The molecule has 6 nitrogen and oxygen atoms in total. The largest absolute Gasteiger partial charge is 0.456 e. The minimum atomic E-state index is -0.882. The molecule has 2 rings (SSSR count). The molecule has 1 unspecified atom stereocenters. The summed E-state index contributed by atoms with van der Waals surface area (Å²) >= 11 is 0. The zero-order chi connectivity index (χ0) is 15.5. The lowest BCUT2D eigenvalue weighted by atomic mass is 9.82. The number of hydrogen-bond acceptors (Lipinski definition) is 5. The van der Waals surface area contributed by atoms with E-state index in [2.05, 4.69) is 0 Å². The van der Waals surface area contributed by atoms with Crippen LogP contribution in [0.4, 0.5) is 5.69 Å². The molecule has 2 N–H and O–H groups in total. The molecule has 6 heteroatoms. The van der Waals surface area contributed by atoms with Crippen molar-refractivity contribution < 1.29 is 14.5 Å². The summed E-state index contributed by atoms with van der Waals surface area (Å²) in [6.45, 7) is 1.74. The van der Waals surface area contributed by atoms with E-state index in [0.29, 0.717) is 18.4 Å². The second kappa shape index (κ2) is 6.22. The fraction of sp³-hybridized carbons (Fsp3) is 0.533. The number of carbonyl (C=O) groups is 1. The van der Waals surface area contributed by atoms with E-state index >= 15 is 0 Å². The van der Waals surface area contributed by atoms with Crippen molar-refractivity contribution in [2.75, 3.05) is 0 Å². The van der Waals surface area contributed by atoms with Gasteiger partial charge in [-0.25, -0.2) is 0 Å². The molecule has 1 aliphatic carbocycles. The van der Waals surface area contributed by atoms with Crippen LogP contribution in [0.5, 0.6) is 0 Å². The summed E-state index contributed by atoms with van der Waals surface area (Å²) in [6.07, 6.45) is 3.82. The van der Waals surface area contributed by atoms with Gasteiger partial charge in [-0.2, -0.15) is 0 Å². The van der Waals surface area contributed by atoms with Gasteiger partial charge >= 0.3 is 5.97 Å². The maximum atomic E-state index is 12.2. The van der Waals surface area contributed by atoms with Crippen LogP contribution in [0.1, 0.15) is 50.7 Å². The Morgan fingerprint density at radius 2 is 1.86 bits per heavy atom. The highest BCUT2D eigenvalue weighted by Gasteiger charge is 2.37. The summed E-state index contributed by atoms with van der Waals surface area (Å²) in [5, 5.41) is 10.6. The third-order valence-electron chi connectivity index (χ3n) is 4.01. The summed E-state index contributed by atoms with van der Waals surface area (Å²) in [5.74, 6) is -0.381. The first kappa shape index (κ1) is 15.4. The lowest BCUT2D eigenvalue weighted by Gasteiger charge is -2.32.